The van der Waals surface area contributed by atoms with E-state index in [1.54, 1.807) is 0 Å². The zero-order chi connectivity index (χ0) is 18.6. The summed E-state index contributed by atoms with van der Waals surface area (Å²) in [5.74, 6) is -0.0564. The summed E-state index contributed by atoms with van der Waals surface area (Å²) in [6.07, 6.45) is 1.81. The third-order valence-electron chi connectivity index (χ3n) is 3.13. The first kappa shape index (κ1) is 19.1. The van der Waals surface area contributed by atoms with Gasteiger partial charge in [0.05, 0.1) is 14.9 Å². The highest BCUT2D eigenvalue weighted by Gasteiger charge is 2.19. The largest absolute Gasteiger partial charge is 0.508 e. The molecule has 0 aromatic heterocycles. The summed E-state index contributed by atoms with van der Waals surface area (Å²) >= 11 is 11.6. The number of carbonyl (C=O) groups excluding carboxylic acids is 1. The molecule has 0 unspecified atom stereocenters. The van der Waals surface area contributed by atoms with Gasteiger partial charge in [0.15, 0.2) is 0 Å². The first-order chi connectivity index (χ1) is 11.7. The minimum absolute atomic E-state index is 0.0564. The number of amides is 2. The second kappa shape index (κ2) is 7.77. The lowest BCUT2D eigenvalue weighted by Gasteiger charge is -2.10. The van der Waals surface area contributed by atoms with E-state index in [1.807, 2.05) is 4.72 Å². The Morgan fingerprint density at radius 3 is 2.52 bits per heavy atom. The lowest BCUT2D eigenvalue weighted by Crippen LogP contribution is -2.34. The minimum Gasteiger partial charge on any atom is -0.508 e. The van der Waals surface area contributed by atoms with Crippen LogP contribution in [0.15, 0.2) is 53.9 Å². The van der Waals surface area contributed by atoms with Crippen molar-refractivity contribution in [1.29, 1.82) is 0 Å². The van der Waals surface area contributed by atoms with Gasteiger partial charge in [-0.25, -0.2) is 17.9 Å². The molecule has 0 radical (unpaired) electrons. The molecule has 0 bridgehead atoms. The normalized spacial score (nSPS) is 11.0. The molecule has 0 spiro atoms. The van der Waals surface area contributed by atoms with E-state index >= 15 is 0 Å². The fourth-order valence-corrected chi connectivity index (χ4v) is 3.22. The monoisotopic (exact) mass is 400 g/mol. The Morgan fingerprint density at radius 1 is 1.16 bits per heavy atom. The number of phenolic OH excluding ortho intramolecular Hbond substituents is 1. The van der Waals surface area contributed by atoms with Crippen LogP contribution in [0.2, 0.25) is 10.0 Å². The number of carbonyl (C=O) groups is 1. The topological polar surface area (TPSA) is 95.5 Å². The predicted octanol–water partition coefficient (Wildman–Crippen LogP) is 3.94. The smallest absolute Gasteiger partial charge is 0.333 e. The van der Waals surface area contributed by atoms with Gasteiger partial charge in [0.25, 0.3) is 10.0 Å². The molecular weight excluding hydrogens is 387 g/mol. The summed E-state index contributed by atoms with van der Waals surface area (Å²) < 4.78 is 26.5. The molecule has 3 N–H and O–H groups in total. The Kier molecular flexibility index (Phi) is 5.94. The van der Waals surface area contributed by atoms with E-state index in [0.29, 0.717) is 10.6 Å². The van der Waals surface area contributed by atoms with Crippen LogP contribution in [0.3, 0.4) is 0 Å². The summed E-state index contributed by atoms with van der Waals surface area (Å²) in [7, 11) is -4.12. The molecule has 0 aliphatic carbocycles. The van der Waals surface area contributed by atoms with Crippen molar-refractivity contribution < 1.29 is 18.3 Å². The fourth-order valence-electron chi connectivity index (χ4n) is 1.96. The van der Waals surface area contributed by atoms with Crippen molar-refractivity contribution in [2.45, 2.75) is 11.3 Å². The van der Waals surface area contributed by atoms with Crippen LogP contribution in [-0.2, 0) is 16.4 Å². The summed E-state index contributed by atoms with van der Waals surface area (Å²) in [6, 6.07) is 7.07. The molecule has 9 heteroatoms. The molecule has 0 aliphatic rings. The highest BCUT2D eigenvalue weighted by atomic mass is 35.5. The molecule has 2 amide bonds. The molecule has 2 aromatic rings. The van der Waals surface area contributed by atoms with Crippen LogP contribution in [0.25, 0.3) is 0 Å². The third-order valence-corrected chi connectivity index (χ3v) is 5.20. The Hall–Kier alpha value is -2.22. The highest BCUT2D eigenvalue weighted by Crippen LogP contribution is 2.25. The molecule has 0 saturated heterocycles. The first-order valence-corrected chi connectivity index (χ1v) is 9.18. The van der Waals surface area contributed by atoms with Crippen molar-refractivity contribution in [3.63, 3.8) is 0 Å². The quantitative estimate of drug-likeness (QED) is 0.662. The molecular formula is C16H14Cl2N2O4S. The van der Waals surface area contributed by atoms with Gasteiger partial charge in [0.2, 0.25) is 0 Å². The minimum atomic E-state index is -4.12. The van der Waals surface area contributed by atoms with E-state index in [1.165, 1.54) is 42.5 Å². The molecule has 2 rings (SSSR count). The Morgan fingerprint density at radius 2 is 1.88 bits per heavy atom. The average molecular weight is 401 g/mol. The number of sulfonamides is 1. The highest BCUT2D eigenvalue weighted by molar-refractivity contribution is 7.90. The van der Waals surface area contributed by atoms with E-state index in [9.17, 15) is 18.3 Å². The molecule has 0 heterocycles. The number of rotatable bonds is 5. The third kappa shape index (κ3) is 4.88. The van der Waals surface area contributed by atoms with Crippen molar-refractivity contribution in [1.82, 2.24) is 4.72 Å². The maximum atomic E-state index is 12.3. The van der Waals surface area contributed by atoms with E-state index in [2.05, 4.69) is 11.9 Å². The number of allylic oxidation sites excluding steroid dienone is 1. The van der Waals surface area contributed by atoms with Crippen LogP contribution in [0, 0.1) is 0 Å². The lowest BCUT2D eigenvalue weighted by atomic mass is 10.1. The van der Waals surface area contributed by atoms with Gasteiger partial charge in [-0.2, -0.15) is 0 Å². The van der Waals surface area contributed by atoms with E-state index in [4.69, 9.17) is 23.2 Å². The summed E-state index contributed by atoms with van der Waals surface area (Å²) in [4.78, 5) is 11.8. The standard InChI is InChI=1S/C16H14Cl2N2O4S/c1-2-3-10-8-12(5-7-15(10)21)25(23,24)20-16(22)19-11-4-6-13(17)14(18)9-11/h2,4-9,21H,1,3H2,(H2,19,20,22). The average Bonchev–Trinajstić information content (AvgIpc) is 2.52. The Balaban J connectivity index is 2.17. The molecule has 0 aliphatic heterocycles. The fraction of sp³-hybridized carbons (Fsp3) is 0.0625. The number of aromatic hydroxyl groups is 1. The number of hydrogen-bond acceptors (Lipinski definition) is 4. The number of nitrogens with one attached hydrogen (secondary N) is 2. The maximum Gasteiger partial charge on any atom is 0.333 e. The molecule has 2 aromatic carbocycles. The van der Waals surface area contributed by atoms with Crippen molar-refractivity contribution >= 4 is 44.9 Å². The second-order valence-corrected chi connectivity index (χ2v) is 7.47. The van der Waals surface area contributed by atoms with Crippen molar-refractivity contribution in [3.8, 4) is 5.75 Å². The molecule has 0 saturated carbocycles. The van der Waals surface area contributed by atoms with Gasteiger partial charge >= 0.3 is 6.03 Å². The number of phenols is 1. The van der Waals surface area contributed by atoms with Crippen LogP contribution in [0.1, 0.15) is 5.56 Å². The summed E-state index contributed by atoms with van der Waals surface area (Å²) in [5.41, 5.74) is 0.655. The number of anilines is 1. The molecule has 0 fully saturated rings. The first-order valence-electron chi connectivity index (χ1n) is 6.94. The van der Waals surface area contributed by atoms with Gasteiger partial charge in [-0.05, 0) is 48.4 Å². The van der Waals surface area contributed by atoms with Gasteiger partial charge in [0, 0.05) is 5.69 Å². The van der Waals surface area contributed by atoms with Gasteiger partial charge in [-0.3, -0.25) is 0 Å². The molecule has 6 nitrogen and oxygen atoms in total. The second-order valence-electron chi connectivity index (χ2n) is 4.97. The summed E-state index contributed by atoms with van der Waals surface area (Å²) in [6.45, 7) is 3.54. The summed E-state index contributed by atoms with van der Waals surface area (Å²) in [5, 5.41) is 12.6. The zero-order valence-corrected chi connectivity index (χ0v) is 15.1. The molecule has 0 atom stereocenters. The van der Waals surface area contributed by atoms with Crippen molar-refractivity contribution in [2.24, 2.45) is 0 Å². The Labute approximate surface area is 155 Å². The van der Waals surface area contributed by atoms with Crippen LogP contribution in [0.4, 0.5) is 10.5 Å². The number of urea groups is 1. The predicted molar refractivity (Wildman–Crippen MR) is 97.8 cm³/mol. The van der Waals surface area contributed by atoms with Gasteiger partial charge in [-0.1, -0.05) is 29.3 Å². The zero-order valence-electron chi connectivity index (χ0n) is 12.8. The molecule has 132 valence electrons. The Bertz CT molecular complexity index is 930. The van der Waals surface area contributed by atoms with E-state index in [-0.39, 0.29) is 27.8 Å². The number of benzene rings is 2. The van der Waals surface area contributed by atoms with Crippen molar-refractivity contribution in [2.75, 3.05) is 5.32 Å². The van der Waals surface area contributed by atoms with Gasteiger partial charge < -0.3 is 10.4 Å². The van der Waals surface area contributed by atoms with E-state index < -0.39 is 16.1 Å². The maximum absolute atomic E-state index is 12.3. The number of hydrogen-bond donors (Lipinski definition) is 3. The van der Waals surface area contributed by atoms with Crippen molar-refractivity contribution in [3.05, 3.63) is 64.7 Å². The lowest BCUT2D eigenvalue weighted by molar-refractivity contribution is 0.256. The van der Waals surface area contributed by atoms with Crippen LogP contribution >= 0.6 is 23.2 Å². The van der Waals surface area contributed by atoms with Crippen LogP contribution in [0.5, 0.6) is 5.75 Å². The van der Waals surface area contributed by atoms with Gasteiger partial charge in [0.1, 0.15) is 5.75 Å². The van der Waals surface area contributed by atoms with Crippen LogP contribution in [-0.4, -0.2) is 19.6 Å². The number of halogens is 2. The van der Waals surface area contributed by atoms with E-state index in [0.717, 1.165) is 0 Å². The molecule has 25 heavy (non-hydrogen) atoms. The van der Waals surface area contributed by atoms with Gasteiger partial charge in [-0.15, -0.1) is 6.58 Å². The SMILES string of the molecule is C=CCc1cc(S(=O)(=O)NC(=O)Nc2ccc(Cl)c(Cl)c2)ccc1O. The van der Waals surface area contributed by atoms with Crippen LogP contribution < -0.4 is 10.0 Å².